The number of anilines is 1. The smallest absolute Gasteiger partial charge is 0.224 e. The molecule has 4 nitrogen and oxygen atoms in total. The number of carbonyl (C=O) groups is 1. The Morgan fingerprint density at radius 3 is 3.05 bits per heavy atom. The number of thiophene rings is 1. The average molecular weight is 364 g/mol. The molecule has 0 aliphatic heterocycles. The molecule has 0 aliphatic carbocycles. The maximum absolute atomic E-state index is 12.0. The molecular weight excluding hydrogens is 350 g/mol. The quantitative estimate of drug-likeness (QED) is 0.707. The Morgan fingerprint density at radius 2 is 2.24 bits per heavy atom. The third kappa shape index (κ3) is 3.51. The third-order valence-corrected chi connectivity index (χ3v) is 4.89. The van der Waals surface area contributed by atoms with Gasteiger partial charge in [0.25, 0.3) is 0 Å². The highest BCUT2D eigenvalue weighted by molar-refractivity contribution is 9.11. The van der Waals surface area contributed by atoms with Gasteiger partial charge in [-0.1, -0.05) is 12.1 Å². The van der Waals surface area contributed by atoms with Crippen molar-refractivity contribution in [2.24, 2.45) is 0 Å². The van der Waals surface area contributed by atoms with Crippen LogP contribution in [0.4, 0.5) is 5.69 Å². The number of amides is 1. The average Bonchev–Trinajstić information content (AvgIpc) is 3.08. The van der Waals surface area contributed by atoms with Crippen LogP contribution in [-0.2, 0) is 11.2 Å². The third-order valence-electron chi connectivity index (χ3n) is 3.21. The van der Waals surface area contributed by atoms with E-state index in [9.17, 15) is 4.79 Å². The number of aromatic nitrogens is 2. The molecule has 0 radical (unpaired) electrons. The highest BCUT2D eigenvalue weighted by atomic mass is 79.9. The van der Waals surface area contributed by atoms with Crippen LogP contribution in [0.1, 0.15) is 17.7 Å². The van der Waals surface area contributed by atoms with Crippen LogP contribution in [0.5, 0.6) is 0 Å². The highest BCUT2D eigenvalue weighted by Gasteiger charge is 2.07. The summed E-state index contributed by atoms with van der Waals surface area (Å²) in [5, 5.41) is 10.8. The van der Waals surface area contributed by atoms with Gasteiger partial charge in [0.1, 0.15) is 0 Å². The van der Waals surface area contributed by atoms with Gasteiger partial charge in [0.15, 0.2) is 0 Å². The molecule has 0 fully saturated rings. The Hall–Kier alpha value is -1.66. The predicted molar refractivity (Wildman–Crippen MR) is 89.7 cm³/mol. The first-order chi connectivity index (χ1) is 10.2. The van der Waals surface area contributed by atoms with Crippen LogP contribution < -0.4 is 5.32 Å². The standard InChI is InChI=1S/C15H14BrN3OS/c16-13-8-7-11(21-13)4-2-6-14(20)18-12-5-1-3-10-9-17-19-15(10)12/h1,3,5,7-9H,2,4,6H2,(H,17,19)(H,18,20). The summed E-state index contributed by atoms with van der Waals surface area (Å²) in [5.74, 6) is 0.0349. The lowest BCUT2D eigenvalue weighted by Crippen LogP contribution is -2.11. The summed E-state index contributed by atoms with van der Waals surface area (Å²) in [6.07, 6.45) is 4.04. The molecule has 3 rings (SSSR count). The van der Waals surface area contributed by atoms with Gasteiger partial charge in [-0.2, -0.15) is 5.10 Å². The second-order valence-corrected chi connectivity index (χ2v) is 7.29. The fourth-order valence-corrected chi connectivity index (χ4v) is 3.72. The Bertz CT molecular complexity index is 765. The van der Waals surface area contributed by atoms with E-state index in [1.807, 2.05) is 24.3 Å². The SMILES string of the molecule is O=C(CCCc1ccc(Br)s1)Nc1cccc2cn[nH]c12. The topological polar surface area (TPSA) is 57.8 Å². The zero-order valence-electron chi connectivity index (χ0n) is 11.2. The van der Waals surface area contributed by atoms with Crippen LogP contribution >= 0.6 is 27.3 Å². The molecule has 0 spiro atoms. The summed E-state index contributed by atoms with van der Waals surface area (Å²) in [7, 11) is 0. The lowest BCUT2D eigenvalue weighted by Gasteiger charge is -2.05. The van der Waals surface area contributed by atoms with Gasteiger partial charge < -0.3 is 5.32 Å². The number of hydrogen-bond donors (Lipinski definition) is 2. The maximum atomic E-state index is 12.0. The summed E-state index contributed by atoms with van der Waals surface area (Å²) in [4.78, 5) is 13.3. The Labute approximate surface area is 134 Å². The molecule has 2 heterocycles. The number of halogens is 1. The van der Waals surface area contributed by atoms with Gasteiger partial charge in [0.2, 0.25) is 5.91 Å². The number of nitrogens with zero attached hydrogens (tertiary/aromatic N) is 1. The van der Waals surface area contributed by atoms with E-state index in [2.05, 4.69) is 37.5 Å². The molecule has 0 atom stereocenters. The summed E-state index contributed by atoms with van der Waals surface area (Å²) < 4.78 is 1.13. The first-order valence-corrected chi connectivity index (χ1v) is 8.29. The predicted octanol–water partition coefficient (Wildman–Crippen LogP) is 4.35. The summed E-state index contributed by atoms with van der Waals surface area (Å²) in [6.45, 7) is 0. The fraction of sp³-hybridized carbons (Fsp3) is 0.200. The molecule has 0 saturated heterocycles. The van der Waals surface area contributed by atoms with Gasteiger partial charge in [-0.25, -0.2) is 0 Å². The van der Waals surface area contributed by atoms with E-state index in [0.717, 1.165) is 33.2 Å². The number of hydrogen-bond acceptors (Lipinski definition) is 3. The monoisotopic (exact) mass is 363 g/mol. The van der Waals surface area contributed by atoms with Gasteiger partial charge in [0, 0.05) is 16.7 Å². The lowest BCUT2D eigenvalue weighted by atomic mass is 10.2. The van der Waals surface area contributed by atoms with Gasteiger partial charge in [-0.3, -0.25) is 9.89 Å². The molecule has 1 aromatic carbocycles. The van der Waals surface area contributed by atoms with Gasteiger partial charge in [-0.15, -0.1) is 11.3 Å². The van der Waals surface area contributed by atoms with Crippen molar-refractivity contribution in [3.05, 3.63) is 45.2 Å². The van der Waals surface area contributed by atoms with Crippen LogP contribution in [0.2, 0.25) is 0 Å². The largest absolute Gasteiger partial charge is 0.324 e. The first-order valence-electron chi connectivity index (χ1n) is 6.68. The number of H-pyrrole nitrogens is 1. The van der Waals surface area contributed by atoms with Crippen molar-refractivity contribution in [1.29, 1.82) is 0 Å². The van der Waals surface area contributed by atoms with Crippen LogP contribution in [0, 0.1) is 0 Å². The molecule has 0 bridgehead atoms. The number of nitrogens with one attached hydrogen (secondary N) is 2. The molecule has 0 saturated carbocycles. The number of rotatable bonds is 5. The Balaban J connectivity index is 1.55. The fourth-order valence-electron chi connectivity index (χ4n) is 2.20. The second-order valence-electron chi connectivity index (χ2n) is 4.75. The molecule has 1 amide bonds. The normalized spacial score (nSPS) is 10.9. The Morgan fingerprint density at radius 1 is 1.33 bits per heavy atom. The van der Waals surface area contributed by atoms with Crippen LogP contribution in [-0.4, -0.2) is 16.1 Å². The molecular formula is C15H14BrN3OS. The molecule has 2 N–H and O–H groups in total. The van der Waals surface area contributed by atoms with Gasteiger partial charge in [0.05, 0.1) is 21.2 Å². The molecule has 0 aliphatic rings. The van der Waals surface area contributed by atoms with Crippen molar-refractivity contribution in [1.82, 2.24) is 10.2 Å². The minimum atomic E-state index is 0.0349. The highest BCUT2D eigenvalue weighted by Crippen LogP contribution is 2.24. The van der Waals surface area contributed by atoms with Crippen molar-refractivity contribution in [2.45, 2.75) is 19.3 Å². The minimum absolute atomic E-state index is 0.0349. The van der Waals surface area contributed by atoms with E-state index in [-0.39, 0.29) is 5.91 Å². The van der Waals surface area contributed by atoms with Crippen molar-refractivity contribution in [2.75, 3.05) is 5.32 Å². The minimum Gasteiger partial charge on any atom is -0.324 e. The summed E-state index contributed by atoms with van der Waals surface area (Å²) in [5.41, 5.74) is 1.65. The van der Waals surface area contributed by atoms with E-state index in [4.69, 9.17) is 0 Å². The Kier molecular flexibility index (Phi) is 4.36. The molecule has 6 heteroatoms. The summed E-state index contributed by atoms with van der Waals surface area (Å²) >= 11 is 5.16. The second kappa shape index (κ2) is 6.41. The van der Waals surface area contributed by atoms with Crippen LogP contribution in [0.25, 0.3) is 10.9 Å². The van der Waals surface area contributed by atoms with Crippen molar-refractivity contribution in [3.63, 3.8) is 0 Å². The van der Waals surface area contributed by atoms with Crippen molar-refractivity contribution in [3.8, 4) is 0 Å². The first kappa shape index (κ1) is 14.3. The maximum Gasteiger partial charge on any atom is 0.224 e. The van der Waals surface area contributed by atoms with Crippen molar-refractivity contribution >= 4 is 49.8 Å². The molecule has 108 valence electrons. The van der Waals surface area contributed by atoms with E-state index >= 15 is 0 Å². The number of carbonyl (C=O) groups excluding carboxylic acids is 1. The van der Waals surface area contributed by atoms with Crippen LogP contribution in [0.15, 0.2) is 40.3 Å². The summed E-state index contributed by atoms with van der Waals surface area (Å²) in [6, 6.07) is 9.89. The molecule has 2 aromatic heterocycles. The van der Waals surface area contributed by atoms with E-state index in [0.29, 0.717) is 6.42 Å². The molecule has 3 aromatic rings. The van der Waals surface area contributed by atoms with Crippen molar-refractivity contribution < 1.29 is 4.79 Å². The van der Waals surface area contributed by atoms with Crippen LogP contribution in [0.3, 0.4) is 0 Å². The number of aryl methyl sites for hydroxylation is 1. The number of benzene rings is 1. The zero-order valence-corrected chi connectivity index (χ0v) is 13.6. The number of para-hydroxylation sites is 1. The van der Waals surface area contributed by atoms with E-state index in [1.54, 1.807) is 17.5 Å². The lowest BCUT2D eigenvalue weighted by molar-refractivity contribution is -0.116. The molecule has 0 unspecified atom stereocenters. The van der Waals surface area contributed by atoms with E-state index < -0.39 is 0 Å². The number of aromatic amines is 1. The zero-order chi connectivity index (χ0) is 14.7. The van der Waals surface area contributed by atoms with Gasteiger partial charge >= 0.3 is 0 Å². The molecule has 21 heavy (non-hydrogen) atoms. The van der Waals surface area contributed by atoms with Gasteiger partial charge in [-0.05, 0) is 47.0 Å². The van der Waals surface area contributed by atoms with E-state index in [1.165, 1.54) is 4.88 Å². The number of fused-ring (bicyclic) bond motifs is 1.